The smallest absolute Gasteiger partial charge is 0.411 e. The van der Waals surface area contributed by atoms with E-state index < -0.39 is 23.7 Å². The first kappa shape index (κ1) is 31.0. The molecule has 1 fully saturated rings. The Labute approximate surface area is 204 Å². The first-order valence-electron chi connectivity index (χ1n) is 11.8. The van der Waals surface area contributed by atoms with E-state index in [4.69, 9.17) is 14.6 Å². The van der Waals surface area contributed by atoms with Crippen LogP contribution in [-0.2, 0) is 14.3 Å². The molecule has 1 amide bonds. The molecule has 34 heavy (non-hydrogen) atoms. The Balaban J connectivity index is 0.00000104. The average Bonchev–Trinajstić information content (AvgIpc) is 3.22. The van der Waals surface area contributed by atoms with E-state index in [9.17, 15) is 14.7 Å². The second kappa shape index (κ2) is 16.6. The van der Waals surface area contributed by atoms with Gasteiger partial charge in [0.05, 0.1) is 18.4 Å². The van der Waals surface area contributed by atoms with E-state index in [1.807, 2.05) is 44.2 Å². The minimum atomic E-state index is -1.06. The molecule has 1 aliphatic heterocycles. The number of aliphatic hydroxyl groups is 1. The quantitative estimate of drug-likeness (QED) is 0.399. The highest BCUT2D eigenvalue weighted by atomic mass is 16.6. The molecule has 2 atom stereocenters. The molecule has 1 saturated heterocycles. The van der Waals surface area contributed by atoms with Crippen LogP contribution in [0, 0.1) is 11.8 Å². The maximum atomic E-state index is 12.2. The van der Waals surface area contributed by atoms with Crippen LogP contribution in [0.5, 0.6) is 0 Å². The van der Waals surface area contributed by atoms with Crippen LogP contribution in [0.1, 0.15) is 72.8 Å². The van der Waals surface area contributed by atoms with Gasteiger partial charge >= 0.3 is 12.1 Å². The monoisotopic (exact) mass is 475 g/mol. The van der Waals surface area contributed by atoms with Gasteiger partial charge in [0.15, 0.2) is 0 Å². The van der Waals surface area contributed by atoms with Gasteiger partial charge < -0.3 is 19.7 Å². The topological polar surface area (TPSA) is 96.3 Å². The number of ether oxygens (including phenoxy) is 2. The third-order valence-corrected chi connectivity index (χ3v) is 4.39. The fraction of sp³-hybridized carbons (Fsp3) is 0.556. The molecule has 1 aromatic rings. The predicted octanol–water partition coefficient (Wildman–Crippen LogP) is 5.79. The summed E-state index contributed by atoms with van der Waals surface area (Å²) in [6.45, 7) is 15.0. The second-order valence-electron chi connectivity index (χ2n) is 8.49. The number of carboxylic acid groups (broad SMARTS) is 1. The van der Waals surface area contributed by atoms with Crippen molar-refractivity contribution in [1.29, 1.82) is 0 Å². The lowest BCUT2D eigenvalue weighted by Gasteiger charge is -2.26. The SMILES string of the molecule is C=C(O)CCCC.CC.CC(C)(C)OC(=O)N1C[C@H](OCC#Cc2ccccc2)CC1C(=O)O. The number of aliphatic hydroxyl groups excluding tert-OH is 1. The zero-order valence-corrected chi connectivity index (χ0v) is 21.5. The number of unbranched alkanes of at least 4 members (excludes halogenated alkanes) is 1. The molecule has 2 rings (SSSR count). The van der Waals surface area contributed by atoms with Crippen molar-refractivity contribution in [1.82, 2.24) is 4.90 Å². The highest BCUT2D eigenvalue weighted by Crippen LogP contribution is 2.23. The Morgan fingerprint density at radius 3 is 2.26 bits per heavy atom. The number of amides is 1. The highest BCUT2D eigenvalue weighted by Gasteiger charge is 2.42. The third kappa shape index (κ3) is 13.5. The summed E-state index contributed by atoms with van der Waals surface area (Å²) in [5.74, 6) is 5.12. The summed E-state index contributed by atoms with van der Waals surface area (Å²) in [6, 6.07) is 8.57. The molecule has 1 unspecified atom stereocenters. The van der Waals surface area contributed by atoms with E-state index >= 15 is 0 Å². The van der Waals surface area contributed by atoms with E-state index in [0.717, 1.165) is 24.8 Å². The molecule has 2 N–H and O–H groups in total. The highest BCUT2D eigenvalue weighted by molar-refractivity contribution is 5.81. The van der Waals surface area contributed by atoms with E-state index in [2.05, 4.69) is 25.3 Å². The van der Waals surface area contributed by atoms with Crippen molar-refractivity contribution in [2.24, 2.45) is 0 Å². The second-order valence-corrected chi connectivity index (χ2v) is 8.49. The van der Waals surface area contributed by atoms with E-state index in [1.165, 1.54) is 4.90 Å². The first-order valence-corrected chi connectivity index (χ1v) is 11.8. The Kier molecular flexibility index (Phi) is 15.1. The Hall–Kier alpha value is -2.98. The van der Waals surface area contributed by atoms with Gasteiger partial charge in [-0.15, -0.1) is 0 Å². The number of nitrogens with zero attached hydrogens (tertiary/aromatic N) is 1. The lowest BCUT2D eigenvalue weighted by Crippen LogP contribution is -2.43. The van der Waals surface area contributed by atoms with Crippen LogP contribution in [0.4, 0.5) is 4.79 Å². The number of carbonyl (C=O) groups excluding carboxylic acids is 1. The molecule has 190 valence electrons. The van der Waals surface area contributed by atoms with Gasteiger partial charge in [0.1, 0.15) is 18.2 Å². The fourth-order valence-electron chi connectivity index (χ4n) is 2.87. The van der Waals surface area contributed by atoms with Gasteiger partial charge in [-0.05, 0) is 39.3 Å². The lowest BCUT2D eigenvalue weighted by molar-refractivity contribution is -0.142. The van der Waals surface area contributed by atoms with Gasteiger partial charge in [0.2, 0.25) is 0 Å². The van der Waals surface area contributed by atoms with Crippen LogP contribution in [0.15, 0.2) is 42.7 Å². The van der Waals surface area contributed by atoms with E-state index in [1.54, 1.807) is 20.8 Å². The normalized spacial score (nSPS) is 16.6. The number of carbonyl (C=O) groups is 2. The van der Waals surface area contributed by atoms with Crippen molar-refractivity contribution in [3.63, 3.8) is 0 Å². The van der Waals surface area contributed by atoms with E-state index in [0.29, 0.717) is 5.76 Å². The van der Waals surface area contributed by atoms with Crippen molar-refractivity contribution in [3.05, 3.63) is 48.2 Å². The number of hydrogen-bond donors (Lipinski definition) is 2. The molecule has 0 aromatic heterocycles. The Morgan fingerprint density at radius 1 is 1.18 bits per heavy atom. The molecule has 1 aromatic carbocycles. The van der Waals surface area contributed by atoms with Crippen molar-refractivity contribution >= 4 is 12.1 Å². The summed E-state index contributed by atoms with van der Waals surface area (Å²) < 4.78 is 10.9. The van der Waals surface area contributed by atoms with Crippen molar-refractivity contribution < 1.29 is 29.3 Å². The molecule has 0 radical (unpaired) electrons. The van der Waals surface area contributed by atoms with Crippen LogP contribution >= 0.6 is 0 Å². The molecule has 7 heteroatoms. The molecule has 0 saturated carbocycles. The maximum absolute atomic E-state index is 12.2. The standard InChI is InChI=1S/C19H23NO5.C6H12O.C2H6/c1-19(2,3)25-18(23)20-13-15(12-16(20)17(21)22)24-11-7-10-14-8-5-4-6-9-14;1-3-4-5-6(2)7;1-2/h4-6,8-9,15-16H,11-13H2,1-3H3,(H,21,22);7H,2-5H2,1H3;1-2H3/t15-,16?;;/m1../s1. The van der Waals surface area contributed by atoms with Gasteiger partial charge in [0, 0.05) is 18.4 Å². The number of benzene rings is 1. The fourth-order valence-corrected chi connectivity index (χ4v) is 2.87. The Bertz CT molecular complexity index is 804. The number of rotatable bonds is 6. The third-order valence-electron chi connectivity index (χ3n) is 4.39. The lowest BCUT2D eigenvalue weighted by atomic mass is 10.2. The molecule has 0 spiro atoms. The summed E-state index contributed by atoms with van der Waals surface area (Å²) in [6.07, 6.45) is 2.15. The molecule has 1 aliphatic rings. The number of aliphatic carboxylic acids is 1. The molecule has 0 aliphatic carbocycles. The minimum absolute atomic E-state index is 0.175. The van der Waals surface area contributed by atoms with Gasteiger partial charge in [-0.1, -0.05) is 63.8 Å². The van der Waals surface area contributed by atoms with Gasteiger partial charge in [-0.2, -0.15) is 0 Å². The summed E-state index contributed by atoms with van der Waals surface area (Å²) in [5, 5.41) is 17.8. The molecule has 1 heterocycles. The van der Waals surface area contributed by atoms with Gasteiger partial charge in [-0.25, -0.2) is 9.59 Å². The van der Waals surface area contributed by atoms with Crippen molar-refractivity contribution in [3.8, 4) is 11.8 Å². The molecule has 7 nitrogen and oxygen atoms in total. The molecular weight excluding hydrogens is 434 g/mol. The van der Waals surface area contributed by atoms with Gasteiger partial charge in [0.25, 0.3) is 0 Å². The minimum Gasteiger partial charge on any atom is -0.513 e. The number of hydrogen-bond acceptors (Lipinski definition) is 5. The summed E-state index contributed by atoms with van der Waals surface area (Å²) in [7, 11) is 0. The van der Waals surface area contributed by atoms with Crippen LogP contribution < -0.4 is 0 Å². The van der Waals surface area contributed by atoms with Crippen molar-refractivity contribution in [2.75, 3.05) is 13.2 Å². The average molecular weight is 476 g/mol. The van der Waals surface area contributed by atoms with Gasteiger partial charge in [-0.3, -0.25) is 4.90 Å². The zero-order valence-electron chi connectivity index (χ0n) is 21.5. The van der Waals surface area contributed by atoms with Crippen LogP contribution in [0.2, 0.25) is 0 Å². The zero-order chi connectivity index (χ0) is 26.1. The Morgan fingerprint density at radius 2 is 1.79 bits per heavy atom. The van der Waals surface area contributed by atoms with E-state index in [-0.39, 0.29) is 25.7 Å². The maximum Gasteiger partial charge on any atom is 0.411 e. The summed E-state index contributed by atoms with van der Waals surface area (Å²) in [4.78, 5) is 24.8. The van der Waals surface area contributed by atoms with Crippen LogP contribution in [0.25, 0.3) is 0 Å². The predicted molar refractivity (Wildman–Crippen MR) is 135 cm³/mol. The van der Waals surface area contributed by atoms with Crippen molar-refractivity contribution in [2.45, 2.75) is 85.0 Å². The number of likely N-dealkylation sites (tertiary alicyclic amines) is 1. The number of carboxylic acids is 1. The first-order chi connectivity index (χ1) is 16.0. The van der Waals surface area contributed by atoms with Crippen LogP contribution in [-0.4, -0.2) is 58.1 Å². The van der Waals surface area contributed by atoms with Crippen LogP contribution in [0.3, 0.4) is 0 Å². The molecular formula is C27H41NO6. The number of allylic oxidation sites excluding steroid dienone is 1. The largest absolute Gasteiger partial charge is 0.513 e. The summed E-state index contributed by atoms with van der Waals surface area (Å²) >= 11 is 0. The molecule has 0 bridgehead atoms. The summed E-state index contributed by atoms with van der Waals surface area (Å²) in [5.41, 5.74) is 0.205.